The van der Waals surface area contributed by atoms with Crippen molar-refractivity contribution < 1.29 is 14.3 Å². The van der Waals surface area contributed by atoms with Crippen LogP contribution in [0.15, 0.2) is 48.7 Å². The maximum atomic E-state index is 11.9. The summed E-state index contributed by atoms with van der Waals surface area (Å²) in [5.41, 5.74) is 1.30. The summed E-state index contributed by atoms with van der Waals surface area (Å²) in [4.78, 5) is 16.0. The first kappa shape index (κ1) is 17.0. The predicted molar refractivity (Wildman–Crippen MR) is 90.7 cm³/mol. The highest BCUT2D eigenvalue weighted by Gasteiger charge is 2.05. The number of halogens is 1. The predicted octanol–water partition coefficient (Wildman–Crippen LogP) is 3.41. The number of methoxy groups -OCH3 is 1. The van der Waals surface area contributed by atoms with E-state index in [0.29, 0.717) is 35.4 Å². The van der Waals surface area contributed by atoms with Crippen LogP contribution in [0.4, 0.5) is 5.69 Å². The van der Waals surface area contributed by atoms with Crippen LogP contribution in [-0.2, 0) is 9.53 Å². The molecule has 0 atom stereocenters. The average Bonchev–Trinajstić information content (AvgIpc) is 2.56. The number of nitrogens with zero attached hydrogens (tertiary/aromatic N) is 1. The summed E-state index contributed by atoms with van der Waals surface area (Å²) in [6.45, 7) is 0.891. The van der Waals surface area contributed by atoms with Gasteiger partial charge in [0.2, 0.25) is 5.91 Å². The largest absolute Gasteiger partial charge is 0.490 e. The van der Waals surface area contributed by atoms with Gasteiger partial charge in [-0.2, -0.15) is 0 Å². The van der Waals surface area contributed by atoms with Crippen LogP contribution in [0.25, 0.3) is 6.08 Å². The molecule has 1 N–H and O–H groups in total. The summed E-state index contributed by atoms with van der Waals surface area (Å²) < 4.78 is 10.4. The van der Waals surface area contributed by atoms with E-state index in [-0.39, 0.29) is 5.91 Å². The molecule has 0 radical (unpaired) electrons. The lowest BCUT2D eigenvalue weighted by Crippen LogP contribution is -2.08. The molecular weight excluding hydrogens is 316 g/mol. The van der Waals surface area contributed by atoms with Gasteiger partial charge in [-0.05, 0) is 36.4 Å². The Balaban J connectivity index is 1.93. The molecule has 2 rings (SSSR count). The number of aromatic nitrogens is 1. The first-order valence-corrected chi connectivity index (χ1v) is 7.38. The van der Waals surface area contributed by atoms with Crippen molar-refractivity contribution in [2.45, 2.75) is 0 Å². The second-order valence-electron chi connectivity index (χ2n) is 4.56. The molecule has 0 bridgehead atoms. The van der Waals surface area contributed by atoms with Crippen molar-refractivity contribution in [2.75, 3.05) is 25.6 Å². The monoisotopic (exact) mass is 332 g/mol. The van der Waals surface area contributed by atoms with Crippen molar-refractivity contribution in [3.63, 3.8) is 0 Å². The van der Waals surface area contributed by atoms with Crippen molar-refractivity contribution in [1.82, 2.24) is 4.98 Å². The molecule has 0 fully saturated rings. The Labute approximate surface area is 139 Å². The first-order valence-electron chi connectivity index (χ1n) is 7.00. The van der Waals surface area contributed by atoms with Gasteiger partial charge in [0, 0.05) is 25.1 Å². The Hall–Kier alpha value is -2.37. The van der Waals surface area contributed by atoms with Crippen molar-refractivity contribution in [2.24, 2.45) is 0 Å². The van der Waals surface area contributed by atoms with Gasteiger partial charge in [0.05, 0.1) is 17.3 Å². The lowest BCUT2D eigenvalue weighted by molar-refractivity contribution is -0.111. The topological polar surface area (TPSA) is 60.5 Å². The zero-order chi connectivity index (χ0) is 16.5. The van der Waals surface area contributed by atoms with Crippen LogP contribution in [0.2, 0.25) is 5.02 Å². The lowest BCUT2D eigenvalue weighted by atomic mass is 10.3. The summed E-state index contributed by atoms with van der Waals surface area (Å²) in [5, 5.41) is 3.15. The summed E-state index contributed by atoms with van der Waals surface area (Å²) in [5.74, 6) is 0.283. The number of carbonyl (C=O) groups excluding carboxylic acids is 1. The number of hydrogen-bond donors (Lipinski definition) is 1. The molecule has 1 aromatic carbocycles. The molecule has 0 aliphatic carbocycles. The Morgan fingerprint density at radius 3 is 2.87 bits per heavy atom. The highest BCUT2D eigenvalue weighted by Crippen LogP contribution is 2.27. The molecule has 5 nitrogen and oxygen atoms in total. The van der Waals surface area contributed by atoms with Crippen LogP contribution in [0, 0.1) is 0 Å². The fourth-order valence-corrected chi connectivity index (χ4v) is 1.99. The van der Waals surface area contributed by atoms with Crippen LogP contribution in [-0.4, -0.2) is 31.2 Å². The standard InChI is InChI=1S/C17H17ClN2O3/c1-22-10-11-23-16-7-5-14(12-15(16)18)20-17(21)8-6-13-4-2-3-9-19-13/h2-9,12H,10-11H2,1H3,(H,20,21)/b8-6+. The van der Waals surface area contributed by atoms with Crippen LogP contribution in [0.1, 0.15) is 5.69 Å². The van der Waals surface area contributed by atoms with Gasteiger partial charge in [-0.15, -0.1) is 0 Å². The molecule has 0 spiro atoms. The summed E-state index contributed by atoms with van der Waals surface area (Å²) in [7, 11) is 1.60. The Kier molecular flexibility index (Phi) is 6.59. The molecular formula is C17H17ClN2O3. The molecule has 0 saturated heterocycles. The number of amides is 1. The smallest absolute Gasteiger partial charge is 0.248 e. The minimum atomic E-state index is -0.264. The van der Waals surface area contributed by atoms with E-state index in [1.807, 2.05) is 18.2 Å². The normalized spacial score (nSPS) is 10.7. The van der Waals surface area contributed by atoms with E-state index in [2.05, 4.69) is 10.3 Å². The molecule has 1 amide bonds. The van der Waals surface area contributed by atoms with Gasteiger partial charge in [0.15, 0.2) is 0 Å². The number of carbonyl (C=O) groups is 1. The van der Waals surface area contributed by atoms with E-state index < -0.39 is 0 Å². The number of ether oxygens (including phenoxy) is 2. The molecule has 1 aromatic heterocycles. The van der Waals surface area contributed by atoms with Crippen molar-refractivity contribution in [3.05, 3.63) is 59.4 Å². The number of pyridine rings is 1. The van der Waals surface area contributed by atoms with E-state index in [0.717, 1.165) is 0 Å². The van der Waals surface area contributed by atoms with Crippen molar-refractivity contribution in [3.8, 4) is 5.75 Å². The van der Waals surface area contributed by atoms with Gasteiger partial charge in [-0.3, -0.25) is 9.78 Å². The highest BCUT2D eigenvalue weighted by atomic mass is 35.5. The second-order valence-corrected chi connectivity index (χ2v) is 4.97. The maximum absolute atomic E-state index is 11.9. The number of rotatable bonds is 7. The quantitative estimate of drug-likeness (QED) is 0.623. The number of nitrogens with one attached hydrogen (secondary N) is 1. The second kappa shape index (κ2) is 8.92. The van der Waals surface area contributed by atoms with E-state index in [9.17, 15) is 4.79 Å². The summed E-state index contributed by atoms with van der Waals surface area (Å²) in [6.07, 6.45) is 4.72. The molecule has 0 aliphatic rings. The van der Waals surface area contributed by atoms with Crippen LogP contribution >= 0.6 is 11.6 Å². The lowest BCUT2D eigenvalue weighted by Gasteiger charge is -2.09. The van der Waals surface area contributed by atoms with Crippen LogP contribution in [0.5, 0.6) is 5.75 Å². The molecule has 23 heavy (non-hydrogen) atoms. The summed E-state index contributed by atoms with van der Waals surface area (Å²) >= 11 is 6.12. The van der Waals surface area contributed by atoms with E-state index in [1.54, 1.807) is 37.6 Å². The minimum Gasteiger partial charge on any atom is -0.490 e. The van der Waals surface area contributed by atoms with E-state index in [4.69, 9.17) is 21.1 Å². The Bertz CT molecular complexity index is 675. The fraction of sp³-hybridized carbons (Fsp3) is 0.176. The minimum absolute atomic E-state index is 0.264. The number of hydrogen-bond acceptors (Lipinski definition) is 4. The van der Waals surface area contributed by atoms with Crippen LogP contribution in [0.3, 0.4) is 0 Å². The van der Waals surface area contributed by atoms with Crippen molar-refractivity contribution >= 4 is 29.3 Å². The third-order valence-corrected chi connectivity index (χ3v) is 3.13. The number of anilines is 1. The van der Waals surface area contributed by atoms with Gasteiger partial charge in [0.25, 0.3) is 0 Å². The Morgan fingerprint density at radius 1 is 1.30 bits per heavy atom. The number of benzene rings is 1. The molecule has 0 saturated carbocycles. The first-order chi connectivity index (χ1) is 11.2. The zero-order valence-electron chi connectivity index (χ0n) is 12.7. The molecule has 0 aliphatic heterocycles. The zero-order valence-corrected chi connectivity index (χ0v) is 13.4. The molecule has 2 aromatic rings. The van der Waals surface area contributed by atoms with Gasteiger partial charge in [-0.25, -0.2) is 0 Å². The molecule has 1 heterocycles. The van der Waals surface area contributed by atoms with Gasteiger partial charge in [0.1, 0.15) is 12.4 Å². The van der Waals surface area contributed by atoms with E-state index >= 15 is 0 Å². The summed E-state index contributed by atoms with van der Waals surface area (Å²) in [6, 6.07) is 10.5. The maximum Gasteiger partial charge on any atom is 0.248 e. The Morgan fingerprint density at radius 2 is 2.17 bits per heavy atom. The molecule has 0 unspecified atom stereocenters. The third kappa shape index (κ3) is 5.73. The average molecular weight is 333 g/mol. The highest BCUT2D eigenvalue weighted by molar-refractivity contribution is 6.32. The van der Waals surface area contributed by atoms with Gasteiger partial charge >= 0.3 is 0 Å². The SMILES string of the molecule is COCCOc1ccc(NC(=O)/C=C/c2ccccn2)cc1Cl. The van der Waals surface area contributed by atoms with Crippen molar-refractivity contribution in [1.29, 1.82) is 0 Å². The molecule has 120 valence electrons. The molecule has 6 heteroatoms. The van der Waals surface area contributed by atoms with Gasteiger partial charge in [-0.1, -0.05) is 17.7 Å². The van der Waals surface area contributed by atoms with Gasteiger partial charge < -0.3 is 14.8 Å². The van der Waals surface area contributed by atoms with Crippen LogP contribution < -0.4 is 10.1 Å². The fourth-order valence-electron chi connectivity index (χ4n) is 1.75. The third-order valence-electron chi connectivity index (χ3n) is 2.84. The van der Waals surface area contributed by atoms with E-state index in [1.165, 1.54) is 6.08 Å².